The molecule has 5 aromatic carbocycles. The largest absolute Gasteiger partial charge is 0.315 e. The predicted octanol–water partition coefficient (Wildman–Crippen LogP) is 7.99. The van der Waals surface area contributed by atoms with Gasteiger partial charge in [-0.05, 0) is 41.1 Å². The van der Waals surface area contributed by atoms with Crippen molar-refractivity contribution < 1.29 is 0 Å². The third kappa shape index (κ3) is 1.55. The van der Waals surface area contributed by atoms with Crippen molar-refractivity contribution in [3.05, 3.63) is 97.2 Å². The molecule has 0 N–H and O–H groups in total. The van der Waals surface area contributed by atoms with Crippen molar-refractivity contribution in [3.8, 4) is 0 Å². The van der Waals surface area contributed by atoms with Crippen molar-refractivity contribution in [1.82, 2.24) is 8.80 Å². The lowest BCUT2D eigenvalue weighted by Gasteiger charge is -2.01. The lowest BCUT2D eigenvalue weighted by atomic mass is 10.0. The van der Waals surface area contributed by atoms with E-state index in [9.17, 15) is 0 Å². The van der Waals surface area contributed by atoms with E-state index in [0.29, 0.717) is 0 Å². The molecule has 4 heterocycles. The van der Waals surface area contributed by atoms with Gasteiger partial charge in [0.2, 0.25) is 0 Å². The lowest BCUT2D eigenvalue weighted by molar-refractivity contribution is 1.30. The van der Waals surface area contributed by atoms with Crippen molar-refractivity contribution in [3.63, 3.8) is 0 Å². The molecule has 0 saturated heterocycles. The van der Waals surface area contributed by atoms with Crippen LogP contribution in [-0.2, 0) is 0 Å². The number of nitrogens with zero attached hydrogens (tertiary/aromatic N) is 2. The van der Waals surface area contributed by atoms with Crippen LogP contribution in [-0.4, -0.2) is 8.80 Å². The van der Waals surface area contributed by atoms with Gasteiger partial charge in [0.25, 0.3) is 0 Å². The zero-order valence-electron chi connectivity index (χ0n) is 17.1. The van der Waals surface area contributed by atoms with E-state index in [0.717, 1.165) is 0 Å². The minimum atomic E-state index is 1.28. The summed E-state index contributed by atoms with van der Waals surface area (Å²) in [6, 6.07) is 33.7. The van der Waals surface area contributed by atoms with Crippen LogP contribution in [0.2, 0.25) is 0 Å². The Morgan fingerprint density at radius 1 is 0.406 bits per heavy atom. The second-order valence-corrected chi connectivity index (χ2v) is 9.03. The number of fused-ring (bicyclic) bond motifs is 11. The molecular weight excluding hydrogens is 388 g/mol. The molecule has 2 nitrogen and oxygen atoms in total. The van der Waals surface area contributed by atoms with Crippen molar-refractivity contribution >= 4 is 76.1 Å². The monoisotopic (exact) mass is 404 g/mol. The summed E-state index contributed by atoms with van der Waals surface area (Å²) in [4.78, 5) is 0. The SMILES string of the molecule is c1ccc2c(c1)cc1c3cc4c5cccc6c7ccccc7n(c4cc3n3ccc2c13)c65. The first kappa shape index (κ1) is 15.5. The Bertz CT molecular complexity index is 2190. The van der Waals surface area contributed by atoms with Crippen LogP contribution >= 0.6 is 0 Å². The van der Waals surface area contributed by atoms with Gasteiger partial charge in [0.15, 0.2) is 0 Å². The van der Waals surface area contributed by atoms with E-state index in [2.05, 4.69) is 106 Å². The highest BCUT2D eigenvalue weighted by Crippen LogP contribution is 2.43. The quantitative estimate of drug-likeness (QED) is 0.242. The van der Waals surface area contributed by atoms with Crippen LogP contribution in [0.15, 0.2) is 97.2 Å². The van der Waals surface area contributed by atoms with Crippen LogP contribution in [0.1, 0.15) is 0 Å². The normalized spacial score (nSPS) is 13.0. The number of hydrogen-bond acceptors (Lipinski definition) is 0. The Morgan fingerprint density at radius 2 is 1.12 bits per heavy atom. The van der Waals surface area contributed by atoms with E-state index in [1.165, 1.54) is 76.1 Å². The maximum Gasteiger partial charge on any atom is 0.0620 e. The summed E-state index contributed by atoms with van der Waals surface area (Å²) in [6.07, 6.45) is 2.24. The summed E-state index contributed by atoms with van der Waals surface area (Å²) in [6.45, 7) is 0. The van der Waals surface area contributed by atoms with Crippen molar-refractivity contribution in [2.75, 3.05) is 0 Å². The third-order valence-corrected chi connectivity index (χ3v) is 7.58. The smallest absolute Gasteiger partial charge is 0.0620 e. The van der Waals surface area contributed by atoms with Crippen LogP contribution < -0.4 is 0 Å². The lowest BCUT2D eigenvalue weighted by Crippen LogP contribution is -1.82. The summed E-state index contributed by atoms with van der Waals surface area (Å²) in [7, 11) is 0. The predicted molar refractivity (Wildman–Crippen MR) is 136 cm³/mol. The van der Waals surface area contributed by atoms with Crippen LogP contribution in [0.25, 0.3) is 76.1 Å². The first-order chi connectivity index (χ1) is 15.9. The van der Waals surface area contributed by atoms with Gasteiger partial charge in [-0.1, -0.05) is 60.7 Å². The van der Waals surface area contributed by atoms with E-state index in [4.69, 9.17) is 0 Å². The topological polar surface area (TPSA) is 8.82 Å². The zero-order valence-corrected chi connectivity index (χ0v) is 17.1. The highest BCUT2D eigenvalue weighted by atomic mass is 14.9. The molecule has 0 saturated carbocycles. The highest BCUT2D eigenvalue weighted by Gasteiger charge is 2.20. The Labute approximate surface area is 182 Å². The standard InChI is InChI=1S/C30H16N2/c1-2-7-18-17(6-1)14-25-24-15-23-21-10-5-9-20-19-8-3-4-11-26(19)32(30(20)21)28(23)16-27(24)31-13-12-22(18)29(25)31/h1-16H. The number of aromatic nitrogens is 2. The molecule has 0 aliphatic heterocycles. The van der Waals surface area contributed by atoms with Gasteiger partial charge in [-0.2, -0.15) is 0 Å². The van der Waals surface area contributed by atoms with E-state index >= 15 is 0 Å². The molecule has 4 aromatic heterocycles. The Hall–Kier alpha value is -4.30. The summed E-state index contributed by atoms with van der Waals surface area (Å²) >= 11 is 0. The fraction of sp³-hybridized carbons (Fsp3) is 0. The molecule has 2 heteroatoms. The third-order valence-electron chi connectivity index (χ3n) is 7.58. The minimum absolute atomic E-state index is 1.28. The summed E-state index contributed by atoms with van der Waals surface area (Å²) in [5, 5.41) is 12.0. The number of para-hydroxylation sites is 2. The molecule has 0 spiro atoms. The average molecular weight is 404 g/mol. The number of hydrogen-bond donors (Lipinski definition) is 0. The molecule has 0 bridgehead atoms. The van der Waals surface area contributed by atoms with Crippen molar-refractivity contribution in [1.29, 1.82) is 0 Å². The summed E-state index contributed by atoms with van der Waals surface area (Å²) < 4.78 is 4.86. The molecule has 0 radical (unpaired) electrons. The van der Waals surface area contributed by atoms with E-state index in [1.807, 2.05) is 0 Å². The Morgan fingerprint density at radius 3 is 2.06 bits per heavy atom. The van der Waals surface area contributed by atoms with Crippen LogP contribution in [0, 0.1) is 0 Å². The molecule has 0 atom stereocenters. The van der Waals surface area contributed by atoms with E-state index < -0.39 is 0 Å². The van der Waals surface area contributed by atoms with Crippen LogP contribution in [0.3, 0.4) is 0 Å². The molecule has 0 aliphatic rings. The molecule has 0 fully saturated rings. The summed E-state index contributed by atoms with van der Waals surface area (Å²) in [5.41, 5.74) is 6.52. The number of rotatable bonds is 0. The van der Waals surface area contributed by atoms with Gasteiger partial charge in [0, 0.05) is 43.9 Å². The van der Waals surface area contributed by atoms with Gasteiger partial charge < -0.3 is 8.80 Å². The van der Waals surface area contributed by atoms with Gasteiger partial charge >= 0.3 is 0 Å². The molecule has 9 rings (SSSR count). The molecule has 0 aliphatic carbocycles. The molecule has 9 aromatic rings. The second-order valence-electron chi connectivity index (χ2n) is 9.03. The van der Waals surface area contributed by atoms with Gasteiger partial charge in [-0.3, -0.25) is 0 Å². The van der Waals surface area contributed by atoms with Crippen molar-refractivity contribution in [2.24, 2.45) is 0 Å². The van der Waals surface area contributed by atoms with Gasteiger partial charge in [-0.15, -0.1) is 0 Å². The van der Waals surface area contributed by atoms with Crippen LogP contribution in [0.4, 0.5) is 0 Å². The van der Waals surface area contributed by atoms with E-state index in [-0.39, 0.29) is 0 Å². The van der Waals surface area contributed by atoms with Gasteiger partial charge in [0.1, 0.15) is 0 Å². The Balaban J connectivity index is 1.60. The zero-order chi connectivity index (χ0) is 20.6. The molecule has 0 amide bonds. The van der Waals surface area contributed by atoms with Crippen LogP contribution in [0.5, 0.6) is 0 Å². The van der Waals surface area contributed by atoms with E-state index in [1.54, 1.807) is 0 Å². The Kier molecular flexibility index (Phi) is 2.40. The maximum absolute atomic E-state index is 2.47. The van der Waals surface area contributed by atoms with Crippen molar-refractivity contribution in [2.45, 2.75) is 0 Å². The maximum atomic E-state index is 2.47. The molecular formula is C30H16N2. The summed E-state index contributed by atoms with van der Waals surface area (Å²) in [5.74, 6) is 0. The highest BCUT2D eigenvalue weighted by molar-refractivity contribution is 6.28. The molecule has 146 valence electrons. The average Bonchev–Trinajstić information content (AvgIpc) is 3.58. The fourth-order valence-electron chi connectivity index (χ4n) is 6.30. The fourth-order valence-corrected chi connectivity index (χ4v) is 6.30. The number of benzene rings is 5. The minimum Gasteiger partial charge on any atom is -0.315 e. The van der Waals surface area contributed by atoms with Gasteiger partial charge in [-0.25, -0.2) is 0 Å². The van der Waals surface area contributed by atoms with Gasteiger partial charge in [0.05, 0.1) is 27.6 Å². The first-order valence-electron chi connectivity index (χ1n) is 11.1. The molecule has 0 unspecified atom stereocenters. The second kappa shape index (κ2) is 4.95. The molecule has 32 heavy (non-hydrogen) atoms. The first-order valence-corrected chi connectivity index (χ1v) is 11.1.